The van der Waals surface area contributed by atoms with Crippen molar-refractivity contribution in [2.75, 3.05) is 6.61 Å². The minimum absolute atomic E-state index is 0.0274. The molecule has 1 heterocycles. The van der Waals surface area contributed by atoms with E-state index in [4.69, 9.17) is 9.47 Å². The summed E-state index contributed by atoms with van der Waals surface area (Å²) in [7, 11) is 0. The molecule has 0 aromatic heterocycles. The summed E-state index contributed by atoms with van der Waals surface area (Å²) in [4.78, 5) is 49.7. The van der Waals surface area contributed by atoms with Gasteiger partial charge < -0.3 is 14.6 Å². The zero-order chi connectivity index (χ0) is 28.5. The molecule has 5 rings (SSSR count). The predicted octanol–water partition coefficient (Wildman–Crippen LogP) is 4.21. The van der Waals surface area contributed by atoms with Gasteiger partial charge in [-0.15, -0.1) is 0 Å². The van der Waals surface area contributed by atoms with Gasteiger partial charge >= 0.3 is 11.9 Å². The van der Waals surface area contributed by atoms with Crippen LogP contribution in [0.5, 0.6) is 0 Å². The molecule has 4 fully saturated rings. The molecule has 1 aliphatic heterocycles. The average Bonchev–Trinajstić information content (AvgIpc) is 3.43. The third-order valence-electron chi connectivity index (χ3n) is 10.6. The molecule has 3 saturated carbocycles. The Bertz CT molecular complexity index is 1170. The number of ketones is 1. The average molecular weight is 567 g/mol. The number of fused-ring (bicyclic) bond motifs is 5. The van der Waals surface area contributed by atoms with Crippen LogP contribution in [0, 0.1) is 28.6 Å². The van der Waals surface area contributed by atoms with Crippen LogP contribution >= 0.6 is 11.8 Å². The Morgan fingerprint density at radius 1 is 1.21 bits per heavy atom. The van der Waals surface area contributed by atoms with E-state index in [1.54, 1.807) is 6.92 Å². The summed E-state index contributed by atoms with van der Waals surface area (Å²) in [6, 6.07) is 0. The molecule has 0 radical (unpaired) electrons. The van der Waals surface area contributed by atoms with Gasteiger partial charge in [-0.25, -0.2) is 8.78 Å². The summed E-state index contributed by atoms with van der Waals surface area (Å²) in [6.07, 6.45) is 4.00. The van der Waals surface area contributed by atoms with Crippen molar-refractivity contribution in [1.29, 1.82) is 0 Å². The molecule has 0 aromatic rings. The molecule has 0 aromatic carbocycles. The maximum Gasteiger partial charge on any atom is 0.319 e. The quantitative estimate of drug-likeness (QED) is 0.494. The molecule has 1 saturated heterocycles. The number of thioether (sulfide) groups is 1. The number of aliphatic hydroxyl groups is 1. The summed E-state index contributed by atoms with van der Waals surface area (Å²) in [6.45, 7) is 6.50. The van der Waals surface area contributed by atoms with Gasteiger partial charge in [-0.1, -0.05) is 24.8 Å². The second-order valence-electron chi connectivity index (χ2n) is 12.5. The van der Waals surface area contributed by atoms with E-state index in [1.165, 1.54) is 32.1 Å². The van der Waals surface area contributed by atoms with E-state index in [0.29, 0.717) is 37.4 Å². The molecule has 0 bridgehead atoms. The van der Waals surface area contributed by atoms with Gasteiger partial charge in [0, 0.05) is 23.2 Å². The Kier molecular flexibility index (Phi) is 6.93. The summed E-state index contributed by atoms with van der Waals surface area (Å²) >= 11 is 0.670. The van der Waals surface area contributed by atoms with Gasteiger partial charge in [0.15, 0.2) is 5.78 Å². The standard InChI is InChI=1S/C29H36F2O7S/c1-15(28(4,36)25(35)39-21-8-12-37-24(21)34)23(33)38-22-6-5-17-18-14-20(30)19-13-16(32)7-9-27(19,3)29(18,31)11-10-26(17,22)2/h7,9,13,15,17-18,20-22,36H,5-6,8,10-12,14H2,1-4H3/t15?,17-,18-,20-,21?,22+,26-,27-,28?,29+/m0/s1. The molecule has 4 aliphatic carbocycles. The Morgan fingerprint density at radius 3 is 2.59 bits per heavy atom. The van der Waals surface area contributed by atoms with Crippen molar-refractivity contribution < 1.29 is 42.5 Å². The van der Waals surface area contributed by atoms with Crippen molar-refractivity contribution in [2.24, 2.45) is 28.6 Å². The number of allylic oxidation sites excluding steroid dienone is 4. The molecule has 7 nitrogen and oxygen atoms in total. The van der Waals surface area contributed by atoms with Crippen LogP contribution in [0.3, 0.4) is 0 Å². The fraction of sp³-hybridized carbons (Fsp3) is 0.724. The lowest BCUT2D eigenvalue weighted by Gasteiger charge is -2.60. The van der Waals surface area contributed by atoms with E-state index in [2.05, 4.69) is 0 Å². The zero-order valence-electron chi connectivity index (χ0n) is 22.7. The first-order valence-corrected chi connectivity index (χ1v) is 14.6. The van der Waals surface area contributed by atoms with Crippen molar-refractivity contribution >= 4 is 34.6 Å². The van der Waals surface area contributed by atoms with Crippen LogP contribution in [0.15, 0.2) is 23.8 Å². The SMILES string of the molecule is CC(C(=O)O[C@@H]1CC[C@H]2[C@@H]3C[C@H](F)C4=CC(=O)C=C[C@]4(C)[C@@]3(F)CC[C@]12C)C(C)(O)C(=O)SC1CCOC1=O. The maximum atomic E-state index is 17.0. The van der Waals surface area contributed by atoms with Crippen molar-refractivity contribution in [3.63, 3.8) is 0 Å². The maximum absolute atomic E-state index is 17.0. The molecule has 1 N–H and O–H groups in total. The van der Waals surface area contributed by atoms with Crippen LogP contribution < -0.4 is 0 Å². The van der Waals surface area contributed by atoms with Crippen LogP contribution in [0.4, 0.5) is 8.78 Å². The lowest BCUT2D eigenvalue weighted by atomic mass is 9.46. The topological polar surface area (TPSA) is 107 Å². The van der Waals surface area contributed by atoms with Crippen molar-refractivity contribution in [3.8, 4) is 0 Å². The van der Waals surface area contributed by atoms with E-state index in [0.717, 1.165) is 0 Å². The first kappa shape index (κ1) is 28.5. The number of ether oxygens (including phenoxy) is 2. The third kappa shape index (κ3) is 4.23. The molecular formula is C29H36F2O7S. The number of alkyl halides is 2. The molecule has 0 amide bonds. The number of carbonyl (C=O) groups is 4. The highest BCUT2D eigenvalue weighted by atomic mass is 32.2. The van der Waals surface area contributed by atoms with E-state index >= 15 is 8.78 Å². The summed E-state index contributed by atoms with van der Waals surface area (Å²) in [5.74, 6) is -3.65. The number of cyclic esters (lactones) is 1. The fourth-order valence-corrected chi connectivity index (χ4v) is 8.76. The van der Waals surface area contributed by atoms with Crippen molar-refractivity contribution in [3.05, 3.63) is 23.8 Å². The van der Waals surface area contributed by atoms with E-state index in [1.807, 2.05) is 6.92 Å². The highest BCUT2D eigenvalue weighted by Gasteiger charge is 2.69. The lowest BCUT2D eigenvalue weighted by molar-refractivity contribution is -0.180. The molecule has 214 valence electrons. The van der Waals surface area contributed by atoms with E-state index < -0.39 is 68.5 Å². The van der Waals surface area contributed by atoms with Crippen LogP contribution in [0.25, 0.3) is 0 Å². The van der Waals surface area contributed by atoms with Gasteiger partial charge in [-0.2, -0.15) is 0 Å². The van der Waals surface area contributed by atoms with Crippen molar-refractivity contribution in [1.82, 2.24) is 0 Å². The molecular weight excluding hydrogens is 530 g/mol. The second kappa shape index (κ2) is 9.50. The number of hydrogen-bond acceptors (Lipinski definition) is 8. The molecule has 3 unspecified atom stereocenters. The molecule has 5 aliphatic rings. The van der Waals surface area contributed by atoms with Gasteiger partial charge in [0.1, 0.15) is 28.8 Å². The van der Waals surface area contributed by atoms with Crippen LogP contribution in [0.2, 0.25) is 0 Å². The smallest absolute Gasteiger partial charge is 0.319 e. The predicted molar refractivity (Wildman–Crippen MR) is 139 cm³/mol. The molecule has 39 heavy (non-hydrogen) atoms. The molecule has 10 heteroatoms. The van der Waals surface area contributed by atoms with Gasteiger partial charge in [0.25, 0.3) is 0 Å². The van der Waals surface area contributed by atoms with Crippen LogP contribution in [-0.2, 0) is 28.7 Å². The number of halogens is 2. The zero-order valence-corrected chi connectivity index (χ0v) is 23.5. The monoisotopic (exact) mass is 566 g/mol. The van der Waals surface area contributed by atoms with E-state index in [-0.39, 0.29) is 36.7 Å². The van der Waals surface area contributed by atoms with Crippen molar-refractivity contribution in [2.45, 2.75) is 95.0 Å². The third-order valence-corrected chi connectivity index (χ3v) is 11.9. The number of carbonyl (C=O) groups excluding carboxylic acids is 4. The Morgan fingerprint density at radius 2 is 1.92 bits per heavy atom. The summed E-state index contributed by atoms with van der Waals surface area (Å²) < 4.78 is 43.3. The largest absolute Gasteiger partial charge is 0.465 e. The van der Waals surface area contributed by atoms with Gasteiger partial charge in [-0.05, 0) is 76.5 Å². The molecule has 10 atom stereocenters. The highest BCUT2D eigenvalue weighted by Crippen LogP contribution is 2.68. The number of rotatable bonds is 5. The first-order chi connectivity index (χ1) is 18.1. The lowest BCUT2D eigenvalue weighted by Crippen LogP contribution is -2.62. The minimum atomic E-state index is -2.07. The Hall–Kier alpha value is -2.07. The summed E-state index contributed by atoms with van der Waals surface area (Å²) in [5, 5.41) is 9.54. The van der Waals surface area contributed by atoms with Gasteiger partial charge in [0.05, 0.1) is 12.5 Å². The Balaban J connectivity index is 1.31. The number of hydrogen-bond donors (Lipinski definition) is 1. The van der Waals surface area contributed by atoms with Crippen LogP contribution in [0.1, 0.15) is 66.2 Å². The second-order valence-corrected chi connectivity index (χ2v) is 13.7. The minimum Gasteiger partial charge on any atom is -0.465 e. The Labute approximate surface area is 231 Å². The van der Waals surface area contributed by atoms with Crippen LogP contribution in [-0.4, -0.2) is 63.3 Å². The molecule has 0 spiro atoms. The highest BCUT2D eigenvalue weighted by molar-refractivity contribution is 8.14. The van der Waals surface area contributed by atoms with Gasteiger partial charge in [0.2, 0.25) is 5.12 Å². The van der Waals surface area contributed by atoms with Gasteiger partial charge in [-0.3, -0.25) is 19.2 Å². The number of esters is 2. The summed E-state index contributed by atoms with van der Waals surface area (Å²) in [5.41, 5.74) is -5.40. The first-order valence-electron chi connectivity index (χ1n) is 13.7. The normalized spacial score (nSPS) is 43.4. The van der Waals surface area contributed by atoms with E-state index in [9.17, 15) is 24.3 Å². The fourth-order valence-electron chi connectivity index (χ4n) is 7.70.